The van der Waals surface area contributed by atoms with E-state index in [2.05, 4.69) is 0 Å². The van der Waals surface area contributed by atoms with Gasteiger partial charge in [0.1, 0.15) is 18.0 Å². The maximum Gasteiger partial charge on any atom is 0.323 e. The molecule has 1 aliphatic rings. The number of amides is 1. The van der Waals surface area contributed by atoms with E-state index in [4.69, 9.17) is 9.84 Å². The van der Waals surface area contributed by atoms with E-state index in [9.17, 15) is 14.7 Å². The molecule has 24 heavy (non-hydrogen) atoms. The molecule has 2 N–H and O–H groups in total. The highest BCUT2D eigenvalue weighted by molar-refractivity contribution is 6.03. The number of hydrogen-bond donors (Lipinski definition) is 2. The summed E-state index contributed by atoms with van der Waals surface area (Å²) in [5, 5.41) is 18.7. The van der Waals surface area contributed by atoms with E-state index in [0.29, 0.717) is 17.9 Å². The molecule has 0 bridgehead atoms. The molecule has 1 unspecified atom stereocenters. The monoisotopic (exact) mass is 327 g/mol. The Morgan fingerprint density at radius 3 is 2.58 bits per heavy atom. The molecule has 124 valence electrons. The lowest BCUT2D eigenvalue weighted by atomic mass is 10.0. The highest BCUT2D eigenvalue weighted by Gasteiger charge is 2.35. The third-order valence-corrected chi connectivity index (χ3v) is 3.88. The van der Waals surface area contributed by atoms with Gasteiger partial charge in [0.05, 0.1) is 5.69 Å². The summed E-state index contributed by atoms with van der Waals surface area (Å²) in [6, 6.07) is 12.0. The second-order valence-electron chi connectivity index (χ2n) is 5.77. The molecular formula is C18H17NO5. The molecule has 1 heterocycles. The first-order valence-electron chi connectivity index (χ1n) is 7.52. The van der Waals surface area contributed by atoms with E-state index in [-0.39, 0.29) is 5.75 Å². The van der Waals surface area contributed by atoms with E-state index >= 15 is 0 Å². The number of aryl methyl sites for hydroxylation is 1. The van der Waals surface area contributed by atoms with Gasteiger partial charge in [0, 0.05) is 12.5 Å². The first kappa shape index (κ1) is 15.9. The van der Waals surface area contributed by atoms with Crippen molar-refractivity contribution in [2.45, 2.75) is 19.4 Å². The van der Waals surface area contributed by atoms with Crippen molar-refractivity contribution in [2.24, 2.45) is 0 Å². The van der Waals surface area contributed by atoms with Crippen LogP contribution in [0, 0.1) is 6.92 Å². The zero-order chi connectivity index (χ0) is 17.3. The molecule has 1 atom stereocenters. The number of aliphatic carboxylic acids is 1. The van der Waals surface area contributed by atoms with E-state index < -0.39 is 24.5 Å². The molecule has 0 fully saturated rings. The fraction of sp³-hybridized carbons (Fsp3) is 0.222. The topological polar surface area (TPSA) is 87.1 Å². The normalized spacial score (nSPS) is 16.5. The number of carbonyl (C=O) groups is 2. The van der Waals surface area contributed by atoms with Crippen LogP contribution in [0.5, 0.6) is 11.5 Å². The molecule has 0 aromatic heterocycles. The van der Waals surface area contributed by atoms with Gasteiger partial charge in [-0.1, -0.05) is 29.8 Å². The summed E-state index contributed by atoms with van der Waals surface area (Å²) in [4.78, 5) is 24.9. The van der Waals surface area contributed by atoms with Gasteiger partial charge < -0.3 is 14.9 Å². The predicted molar refractivity (Wildman–Crippen MR) is 87.4 cm³/mol. The number of carbonyl (C=O) groups excluding carboxylic acids is 1. The Labute approximate surface area is 138 Å². The number of anilines is 1. The lowest BCUT2D eigenvalue weighted by molar-refractivity contribution is -0.137. The number of ether oxygens (including phenoxy) is 1. The van der Waals surface area contributed by atoms with Crippen molar-refractivity contribution in [3.8, 4) is 11.5 Å². The largest absolute Gasteiger partial charge is 0.508 e. The minimum atomic E-state index is -1.11. The number of phenols is 1. The minimum Gasteiger partial charge on any atom is -0.508 e. The number of hydrogen-bond acceptors (Lipinski definition) is 4. The number of nitrogens with zero attached hydrogens (tertiary/aromatic N) is 1. The zero-order valence-electron chi connectivity index (χ0n) is 13.1. The minimum absolute atomic E-state index is 0.00698. The molecule has 0 radical (unpaired) electrons. The van der Waals surface area contributed by atoms with E-state index in [1.54, 1.807) is 0 Å². The lowest BCUT2D eigenvalue weighted by Gasteiger charge is -2.33. The molecule has 0 saturated carbocycles. The van der Waals surface area contributed by atoms with Gasteiger partial charge in [0.15, 0.2) is 6.10 Å². The van der Waals surface area contributed by atoms with E-state index in [1.807, 2.05) is 31.2 Å². The van der Waals surface area contributed by atoms with Crippen LogP contribution in [0.1, 0.15) is 11.1 Å². The number of carboxylic acid groups (broad SMARTS) is 1. The predicted octanol–water partition coefficient (Wildman–Crippen LogP) is 2.12. The summed E-state index contributed by atoms with van der Waals surface area (Å²) in [5.74, 6) is -1.23. The zero-order valence-corrected chi connectivity index (χ0v) is 13.1. The Bertz CT molecular complexity index is 784. The Balaban J connectivity index is 1.92. The number of fused-ring (bicyclic) bond motifs is 1. The van der Waals surface area contributed by atoms with Crippen molar-refractivity contribution in [2.75, 3.05) is 11.4 Å². The summed E-state index contributed by atoms with van der Waals surface area (Å²) < 4.78 is 5.73. The maximum absolute atomic E-state index is 12.7. The molecule has 1 amide bonds. The van der Waals surface area contributed by atoms with Gasteiger partial charge in [-0.15, -0.1) is 0 Å². The van der Waals surface area contributed by atoms with E-state index in [1.165, 1.54) is 23.1 Å². The molecule has 6 nitrogen and oxygen atoms in total. The third kappa shape index (κ3) is 3.17. The summed E-state index contributed by atoms with van der Waals surface area (Å²) in [6.45, 7) is 1.52. The van der Waals surface area contributed by atoms with Crippen LogP contribution in [0.3, 0.4) is 0 Å². The van der Waals surface area contributed by atoms with Crippen LogP contribution in [-0.2, 0) is 16.0 Å². The van der Waals surface area contributed by atoms with Gasteiger partial charge in [-0.2, -0.15) is 0 Å². The van der Waals surface area contributed by atoms with Gasteiger partial charge in [-0.3, -0.25) is 14.5 Å². The second-order valence-corrected chi connectivity index (χ2v) is 5.77. The molecule has 0 saturated heterocycles. The molecule has 2 aromatic carbocycles. The highest BCUT2D eigenvalue weighted by atomic mass is 16.5. The third-order valence-electron chi connectivity index (χ3n) is 3.88. The van der Waals surface area contributed by atoms with Crippen LogP contribution in [0.4, 0.5) is 5.69 Å². The molecule has 1 aliphatic heterocycles. The van der Waals surface area contributed by atoms with Crippen LogP contribution in [-0.4, -0.2) is 34.7 Å². The fourth-order valence-corrected chi connectivity index (χ4v) is 2.68. The first-order valence-corrected chi connectivity index (χ1v) is 7.52. The number of phenolic OH excluding ortho intramolecular Hbond substituents is 1. The fourth-order valence-electron chi connectivity index (χ4n) is 2.68. The van der Waals surface area contributed by atoms with Gasteiger partial charge in [-0.25, -0.2) is 0 Å². The Morgan fingerprint density at radius 1 is 1.21 bits per heavy atom. The Kier molecular flexibility index (Phi) is 4.12. The number of aromatic hydroxyl groups is 1. The Hall–Kier alpha value is -3.02. The van der Waals surface area contributed by atoms with Crippen LogP contribution in [0.15, 0.2) is 42.5 Å². The second kappa shape index (κ2) is 6.23. The summed E-state index contributed by atoms with van der Waals surface area (Å²) >= 11 is 0. The lowest BCUT2D eigenvalue weighted by Crippen LogP contribution is -2.48. The molecule has 6 heteroatoms. The first-order chi connectivity index (χ1) is 11.4. The van der Waals surface area contributed by atoms with Crippen LogP contribution in [0.25, 0.3) is 0 Å². The van der Waals surface area contributed by atoms with Crippen molar-refractivity contribution in [1.82, 2.24) is 0 Å². The summed E-state index contributed by atoms with van der Waals surface area (Å²) in [6.07, 6.45) is -0.508. The van der Waals surface area contributed by atoms with Crippen molar-refractivity contribution in [3.63, 3.8) is 0 Å². The highest BCUT2D eigenvalue weighted by Crippen LogP contribution is 2.37. The van der Waals surface area contributed by atoms with E-state index in [0.717, 1.165) is 11.1 Å². The molecular weight excluding hydrogens is 310 g/mol. The van der Waals surface area contributed by atoms with Crippen molar-refractivity contribution < 1.29 is 24.5 Å². The number of rotatable bonds is 4. The average molecular weight is 327 g/mol. The standard InChI is InChI=1S/C18H17NO5/c1-11-2-4-12(5-3-11)8-16-18(23)19(10-17(21)22)14-7-6-13(20)9-15(14)24-16/h2-7,9,16,20H,8,10H2,1H3,(H,21,22). The van der Waals surface area contributed by atoms with Gasteiger partial charge in [-0.05, 0) is 24.6 Å². The quantitative estimate of drug-likeness (QED) is 0.898. The maximum atomic E-state index is 12.7. The summed E-state index contributed by atoms with van der Waals surface area (Å²) in [7, 11) is 0. The number of carboxylic acids is 1. The van der Waals surface area contributed by atoms with Gasteiger partial charge in [0.25, 0.3) is 5.91 Å². The molecule has 0 spiro atoms. The molecule has 2 aromatic rings. The van der Waals surface area contributed by atoms with Crippen molar-refractivity contribution in [3.05, 3.63) is 53.6 Å². The average Bonchev–Trinajstić information content (AvgIpc) is 2.53. The smallest absolute Gasteiger partial charge is 0.323 e. The Morgan fingerprint density at radius 2 is 1.92 bits per heavy atom. The van der Waals surface area contributed by atoms with Crippen molar-refractivity contribution in [1.29, 1.82) is 0 Å². The van der Waals surface area contributed by atoms with Gasteiger partial charge in [0.2, 0.25) is 0 Å². The van der Waals surface area contributed by atoms with Crippen molar-refractivity contribution >= 4 is 17.6 Å². The van der Waals surface area contributed by atoms with Crippen LogP contribution < -0.4 is 9.64 Å². The summed E-state index contributed by atoms with van der Waals surface area (Å²) in [5.41, 5.74) is 2.37. The van der Waals surface area contributed by atoms with Crippen LogP contribution >= 0.6 is 0 Å². The molecule has 3 rings (SSSR count). The van der Waals surface area contributed by atoms with Gasteiger partial charge >= 0.3 is 5.97 Å². The van der Waals surface area contributed by atoms with Crippen LogP contribution in [0.2, 0.25) is 0 Å². The molecule has 0 aliphatic carbocycles. The SMILES string of the molecule is Cc1ccc(CC2Oc3cc(O)ccc3N(CC(=O)O)C2=O)cc1. The number of benzene rings is 2.